The maximum atomic E-state index is 12.3. The first-order valence-corrected chi connectivity index (χ1v) is 17.3. The number of carbonyl (C=O) groups is 1. The molecule has 0 aromatic heterocycles. The van der Waals surface area contributed by atoms with Crippen LogP contribution in [0.2, 0.25) is 0 Å². The topological polar surface area (TPSA) is 89.8 Å². The van der Waals surface area contributed by atoms with Crippen LogP contribution in [0.3, 0.4) is 0 Å². The zero-order valence-electron chi connectivity index (χ0n) is 27.6. The molecule has 246 valence electrons. The van der Waals surface area contributed by atoms with E-state index in [1.54, 1.807) is 6.08 Å². The number of allylic oxidation sites excluding steroid dienone is 10. The third kappa shape index (κ3) is 29.6. The Morgan fingerprint density at radius 1 is 0.628 bits per heavy atom. The van der Waals surface area contributed by atoms with Crippen molar-refractivity contribution in [1.82, 2.24) is 5.32 Å². The molecule has 0 aliphatic carbocycles. The number of hydrogen-bond acceptors (Lipinski definition) is 4. The third-order valence-electron chi connectivity index (χ3n) is 7.24. The Morgan fingerprint density at radius 3 is 1.93 bits per heavy atom. The van der Waals surface area contributed by atoms with E-state index in [2.05, 4.69) is 61.7 Å². The molecule has 1 amide bonds. The van der Waals surface area contributed by atoms with Gasteiger partial charge in [0.1, 0.15) is 0 Å². The van der Waals surface area contributed by atoms with Crippen LogP contribution in [0.1, 0.15) is 136 Å². The van der Waals surface area contributed by atoms with Crippen molar-refractivity contribution >= 4 is 5.91 Å². The predicted molar refractivity (Wildman–Crippen MR) is 185 cm³/mol. The second-order valence-corrected chi connectivity index (χ2v) is 11.4. The Kier molecular flexibility index (Phi) is 31.0. The van der Waals surface area contributed by atoms with E-state index < -0.39 is 12.1 Å². The Bertz CT molecular complexity index is 796. The molecule has 0 aliphatic heterocycles. The monoisotopic (exact) mass is 599 g/mol. The van der Waals surface area contributed by atoms with E-state index in [1.165, 1.54) is 64.2 Å². The minimum absolute atomic E-state index is 0.144. The van der Waals surface area contributed by atoms with Gasteiger partial charge in [-0.05, 0) is 64.2 Å². The van der Waals surface area contributed by atoms with Gasteiger partial charge in [-0.15, -0.1) is 0 Å². The number of aliphatic hydroxyl groups excluding tert-OH is 3. The molecule has 0 rings (SSSR count). The van der Waals surface area contributed by atoms with Gasteiger partial charge in [0.15, 0.2) is 0 Å². The smallest absolute Gasteiger partial charge is 0.220 e. The molecule has 5 heteroatoms. The summed E-state index contributed by atoms with van der Waals surface area (Å²) < 4.78 is 0. The van der Waals surface area contributed by atoms with Crippen LogP contribution in [-0.2, 0) is 4.79 Å². The molecule has 0 aromatic carbocycles. The molecule has 4 N–H and O–H groups in total. The summed E-state index contributed by atoms with van der Waals surface area (Å²) in [5, 5.41) is 32.6. The first-order chi connectivity index (χ1) is 21.0. The summed E-state index contributed by atoms with van der Waals surface area (Å²) in [5.41, 5.74) is 0. The molecular weight excluding hydrogens is 534 g/mol. The third-order valence-corrected chi connectivity index (χ3v) is 7.24. The largest absolute Gasteiger partial charge is 0.394 e. The first-order valence-electron chi connectivity index (χ1n) is 17.3. The van der Waals surface area contributed by atoms with Gasteiger partial charge in [0, 0.05) is 6.42 Å². The summed E-state index contributed by atoms with van der Waals surface area (Å²) in [6, 6.07) is -0.670. The maximum absolute atomic E-state index is 12.3. The van der Waals surface area contributed by atoms with Crippen LogP contribution in [0.15, 0.2) is 72.9 Å². The van der Waals surface area contributed by atoms with E-state index in [-0.39, 0.29) is 18.6 Å². The van der Waals surface area contributed by atoms with Crippen LogP contribution < -0.4 is 5.32 Å². The van der Waals surface area contributed by atoms with Crippen molar-refractivity contribution in [1.29, 1.82) is 0 Å². The van der Waals surface area contributed by atoms with Crippen LogP contribution in [0, 0.1) is 0 Å². The van der Waals surface area contributed by atoms with Crippen molar-refractivity contribution in [3.8, 4) is 0 Å². The van der Waals surface area contributed by atoms with Gasteiger partial charge in [0.2, 0.25) is 5.91 Å². The summed E-state index contributed by atoms with van der Waals surface area (Å²) in [7, 11) is 0. The number of amides is 1. The van der Waals surface area contributed by atoms with Gasteiger partial charge in [-0.25, -0.2) is 0 Å². The van der Waals surface area contributed by atoms with Crippen molar-refractivity contribution in [3.05, 3.63) is 72.9 Å². The number of unbranched alkanes of at least 4 members (excludes halogenated alkanes) is 11. The molecular formula is C38H65NO4. The molecule has 0 saturated heterocycles. The standard InChI is InChI=1S/C38H65NO4/c1-3-5-7-8-9-10-11-12-15-18-21-24-28-32-37(42)36(34-40)39-38(43)33-29-25-22-19-16-13-14-17-20-23-27-31-35(41)30-26-6-4-2/h7-8,13-14,19-20,22-23,27-28,31-32,35-37,40-42H,3-6,9-12,15-18,21,24-26,29-30,33-34H2,1-2H3,(H,39,43)/b8-7-,14-13-,22-19-,23-20-,31-27+,32-28+/t35-,36-,37+/m0/s1. The van der Waals surface area contributed by atoms with E-state index in [1.807, 2.05) is 24.3 Å². The maximum Gasteiger partial charge on any atom is 0.220 e. The van der Waals surface area contributed by atoms with Crippen molar-refractivity contribution in [2.45, 2.75) is 154 Å². The molecule has 0 saturated carbocycles. The minimum atomic E-state index is -0.880. The Balaban J connectivity index is 3.87. The highest BCUT2D eigenvalue weighted by molar-refractivity contribution is 5.76. The molecule has 0 unspecified atom stereocenters. The molecule has 0 bridgehead atoms. The van der Waals surface area contributed by atoms with Gasteiger partial charge in [-0.1, -0.05) is 138 Å². The summed E-state index contributed by atoms with van der Waals surface area (Å²) in [6.45, 7) is 4.08. The summed E-state index contributed by atoms with van der Waals surface area (Å²) in [4.78, 5) is 12.3. The SMILES string of the molecule is CCC/C=C\CCCCCCCC/C=C/[C@@H](O)[C@H](CO)NC(=O)CCC/C=C\C/C=C\C/C=C\C=C\[C@@H](O)CCCCC. The lowest BCUT2D eigenvalue weighted by molar-refractivity contribution is -0.122. The molecule has 3 atom stereocenters. The molecule has 0 fully saturated rings. The van der Waals surface area contributed by atoms with Crippen molar-refractivity contribution in [2.24, 2.45) is 0 Å². The Labute approximate surface area is 264 Å². The highest BCUT2D eigenvalue weighted by Crippen LogP contribution is 2.10. The second kappa shape index (κ2) is 32.7. The Morgan fingerprint density at radius 2 is 1.23 bits per heavy atom. The van der Waals surface area contributed by atoms with Gasteiger partial charge in [-0.3, -0.25) is 4.79 Å². The average Bonchev–Trinajstić information content (AvgIpc) is 3.00. The van der Waals surface area contributed by atoms with E-state index in [0.717, 1.165) is 51.4 Å². The highest BCUT2D eigenvalue weighted by Gasteiger charge is 2.17. The zero-order chi connectivity index (χ0) is 31.6. The van der Waals surface area contributed by atoms with Crippen LogP contribution in [0.4, 0.5) is 0 Å². The lowest BCUT2D eigenvalue weighted by atomic mass is 10.1. The fourth-order valence-corrected chi connectivity index (χ4v) is 4.51. The quantitative estimate of drug-likeness (QED) is 0.0392. The van der Waals surface area contributed by atoms with Crippen molar-refractivity contribution in [3.63, 3.8) is 0 Å². The number of hydrogen-bond donors (Lipinski definition) is 4. The van der Waals surface area contributed by atoms with E-state index in [0.29, 0.717) is 6.42 Å². The van der Waals surface area contributed by atoms with Crippen LogP contribution >= 0.6 is 0 Å². The fourth-order valence-electron chi connectivity index (χ4n) is 4.51. The number of aliphatic hydroxyl groups is 3. The van der Waals surface area contributed by atoms with Gasteiger partial charge >= 0.3 is 0 Å². The number of carbonyl (C=O) groups excluding carboxylic acids is 1. The molecule has 0 heterocycles. The zero-order valence-corrected chi connectivity index (χ0v) is 27.6. The van der Waals surface area contributed by atoms with Crippen LogP contribution in [0.5, 0.6) is 0 Å². The molecule has 0 radical (unpaired) electrons. The lowest BCUT2D eigenvalue weighted by Gasteiger charge is -2.19. The average molecular weight is 600 g/mol. The summed E-state index contributed by atoms with van der Waals surface area (Å²) in [6.07, 6.45) is 43.0. The highest BCUT2D eigenvalue weighted by atomic mass is 16.3. The van der Waals surface area contributed by atoms with E-state index in [9.17, 15) is 20.1 Å². The van der Waals surface area contributed by atoms with E-state index in [4.69, 9.17) is 0 Å². The molecule has 43 heavy (non-hydrogen) atoms. The van der Waals surface area contributed by atoms with Crippen LogP contribution in [0.25, 0.3) is 0 Å². The summed E-state index contributed by atoms with van der Waals surface area (Å²) >= 11 is 0. The van der Waals surface area contributed by atoms with Crippen LogP contribution in [-0.4, -0.2) is 46.1 Å². The lowest BCUT2D eigenvalue weighted by Crippen LogP contribution is -2.45. The number of rotatable bonds is 29. The van der Waals surface area contributed by atoms with Gasteiger partial charge in [-0.2, -0.15) is 0 Å². The molecule has 0 aromatic rings. The minimum Gasteiger partial charge on any atom is -0.394 e. The molecule has 0 spiro atoms. The molecule has 0 aliphatic rings. The van der Waals surface area contributed by atoms with Crippen molar-refractivity contribution in [2.75, 3.05) is 6.61 Å². The number of nitrogens with one attached hydrogen (secondary N) is 1. The fraction of sp³-hybridized carbons (Fsp3) is 0.658. The normalized spacial score (nSPS) is 14.8. The predicted octanol–water partition coefficient (Wildman–Crippen LogP) is 8.97. The van der Waals surface area contributed by atoms with Gasteiger partial charge in [0.05, 0.1) is 24.9 Å². The molecule has 5 nitrogen and oxygen atoms in total. The van der Waals surface area contributed by atoms with E-state index >= 15 is 0 Å². The second-order valence-electron chi connectivity index (χ2n) is 11.4. The first kappa shape index (κ1) is 40.8. The Hall–Kier alpha value is -2.21. The van der Waals surface area contributed by atoms with Gasteiger partial charge in [0.25, 0.3) is 0 Å². The van der Waals surface area contributed by atoms with Gasteiger partial charge < -0.3 is 20.6 Å². The van der Waals surface area contributed by atoms with Crippen molar-refractivity contribution < 1.29 is 20.1 Å². The summed E-state index contributed by atoms with van der Waals surface area (Å²) in [5.74, 6) is -0.144.